The molecule has 2 N–H and O–H groups in total. The number of hydrogen-bond donors (Lipinski definition) is 2. The van der Waals surface area contributed by atoms with Crippen molar-refractivity contribution in [2.24, 2.45) is 5.92 Å². The van der Waals surface area contributed by atoms with Crippen LogP contribution in [0, 0.1) is 11.7 Å². The fourth-order valence-electron chi connectivity index (χ4n) is 3.42. The third kappa shape index (κ3) is 4.24. The van der Waals surface area contributed by atoms with E-state index in [1.54, 1.807) is 12.1 Å². The molecule has 142 valence electrons. The Morgan fingerprint density at radius 2 is 1.93 bits per heavy atom. The standard InChI is InChI=1S/C20H22FN3O3/c21-16-2-4-17(5-3-16)24-8-7-15(12-24)11-23-20(25)22-10-14-1-6-18-19(9-14)27-13-26-18/h1-6,9,15H,7-8,10-13H2,(H2,22,23,25). The van der Waals surface area contributed by atoms with Gasteiger partial charge in [0.15, 0.2) is 11.5 Å². The van der Waals surface area contributed by atoms with Gasteiger partial charge in [0.1, 0.15) is 5.82 Å². The number of fused-ring (bicyclic) bond motifs is 1. The zero-order chi connectivity index (χ0) is 18.6. The Kier molecular flexibility index (Phi) is 5.00. The molecule has 4 rings (SSSR count). The molecule has 1 unspecified atom stereocenters. The third-order valence-electron chi connectivity index (χ3n) is 4.92. The largest absolute Gasteiger partial charge is 0.454 e. The number of halogens is 1. The molecule has 7 heteroatoms. The minimum atomic E-state index is -0.227. The SMILES string of the molecule is O=C(NCc1ccc2c(c1)OCO2)NCC1CCN(c2ccc(F)cc2)C1. The molecule has 1 atom stereocenters. The fraction of sp³-hybridized carbons (Fsp3) is 0.350. The molecule has 2 aromatic carbocycles. The second kappa shape index (κ2) is 7.73. The Hall–Kier alpha value is -2.96. The van der Waals surface area contributed by atoms with E-state index in [2.05, 4.69) is 15.5 Å². The van der Waals surface area contributed by atoms with Gasteiger partial charge in [0, 0.05) is 31.9 Å². The summed E-state index contributed by atoms with van der Waals surface area (Å²) < 4.78 is 23.6. The first-order valence-corrected chi connectivity index (χ1v) is 9.08. The number of carbonyl (C=O) groups excluding carboxylic acids is 1. The van der Waals surface area contributed by atoms with Crippen molar-refractivity contribution in [1.29, 1.82) is 0 Å². The zero-order valence-electron chi connectivity index (χ0n) is 14.9. The van der Waals surface area contributed by atoms with E-state index >= 15 is 0 Å². The quantitative estimate of drug-likeness (QED) is 0.848. The van der Waals surface area contributed by atoms with Crippen LogP contribution in [0.25, 0.3) is 0 Å². The van der Waals surface area contributed by atoms with Gasteiger partial charge in [0.25, 0.3) is 0 Å². The molecule has 1 fully saturated rings. The van der Waals surface area contributed by atoms with Crippen molar-refractivity contribution in [3.8, 4) is 11.5 Å². The van der Waals surface area contributed by atoms with Crippen LogP contribution in [0.3, 0.4) is 0 Å². The van der Waals surface area contributed by atoms with Crippen LogP contribution in [0.1, 0.15) is 12.0 Å². The summed E-state index contributed by atoms with van der Waals surface area (Å²) in [6.07, 6.45) is 1.000. The first kappa shape index (κ1) is 17.5. The zero-order valence-corrected chi connectivity index (χ0v) is 14.9. The van der Waals surface area contributed by atoms with Crippen molar-refractivity contribution < 1.29 is 18.7 Å². The van der Waals surface area contributed by atoms with Crippen LogP contribution < -0.4 is 25.0 Å². The highest BCUT2D eigenvalue weighted by Crippen LogP contribution is 2.32. The third-order valence-corrected chi connectivity index (χ3v) is 4.92. The van der Waals surface area contributed by atoms with E-state index in [1.807, 2.05) is 18.2 Å². The molecule has 0 aromatic heterocycles. The van der Waals surface area contributed by atoms with E-state index in [-0.39, 0.29) is 18.6 Å². The van der Waals surface area contributed by atoms with Crippen LogP contribution in [-0.4, -0.2) is 32.5 Å². The first-order chi connectivity index (χ1) is 13.2. The first-order valence-electron chi connectivity index (χ1n) is 9.08. The molecule has 6 nitrogen and oxygen atoms in total. The number of hydrogen-bond acceptors (Lipinski definition) is 4. The highest BCUT2D eigenvalue weighted by molar-refractivity contribution is 5.73. The predicted molar refractivity (Wildman–Crippen MR) is 99.5 cm³/mol. The number of nitrogens with zero attached hydrogens (tertiary/aromatic N) is 1. The fourth-order valence-corrected chi connectivity index (χ4v) is 3.42. The second-order valence-electron chi connectivity index (χ2n) is 6.83. The Labute approximate surface area is 157 Å². The maximum absolute atomic E-state index is 13.0. The summed E-state index contributed by atoms with van der Waals surface area (Å²) in [7, 11) is 0. The van der Waals surface area contributed by atoms with Crippen molar-refractivity contribution in [3.63, 3.8) is 0 Å². The smallest absolute Gasteiger partial charge is 0.315 e. The summed E-state index contributed by atoms with van der Waals surface area (Å²) in [5.74, 6) is 1.60. The number of urea groups is 1. The molecular weight excluding hydrogens is 349 g/mol. The molecular formula is C20H22FN3O3. The monoisotopic (exact) mass is 371 g/mol. The Morgan fingerprint density at radius 3 is 2.78 bits per heavy atom. The summed E-state index contributed by atoms with van der Waals surface area (Å²) in [5.41, 5.74) is 1.98. The molecule has 0 bridgehead atoms. The summed E-state index contributed by atoms with van der Waals surface area (Å²) in [4.78, 5) is 14.3. The van der Waals surface area contributed by atoms with Gasteiger partial charge in [-0.15, -0.1) is 0 Å². The number of benzene rings is 2. The molecule has 0 spiro atoms. The lowest BCUT2D eigenvalue weighted by Crippen LogP contribution is -2.38. The van der Waals surface area contributed by atoms with Crippen LogP contribution in [0.15, 0.2) is 42.5 Å². The summed E-state index contributed by atoms with van der Waals surface area (Å²) in [5, 5.41) is 5.80. The molecule has 2 aliphatic rings. The minimum absolute atomic E-state index is 0.187. The van der Waals surface area contributed by atoms with Crippen LogP contribution in [0.2, 0.25) is 0 Å². The predicted octanol–water partition coefficient (Wildman–Crippen LogP) is 2.88. The molecule has 2 amide bonds. The Bertz CT molecular complexity index is 813. The minimum Gasteiger partial charge on any atom is -0.454 e. The number of nitrogens with one attached hydrogen (secondary N) is 2. The van der Waals surface area contributed by atoms with Crippen LogP contribution in [0.5, 0.6) is 11.5 Å². The van der Waals surface area contributed by atoms with Crippen LogP contribution in [-0.2, 0) is 6.54 Å². The van der Waals surface area contributed by atoms with Crippen molar-refractivity contribution in [2.45, 2.75) is 13.0 Å². The van der Waals surface area contributed by atoms with E-state index in [9.17, 15) is 9.18 Å². The second-order valence-corrected chi connectivity index (χ2v) is 6.83. The molecule has 2 aromatic rings. The average molecular weight is 371 g/mol. The van der Waals surface area contributed by atoms with Gasteiger partial charge in [-0.05, 0) is 54.3 Å². The van der Waals surface area contributed by atoms with E-state index in [4.69, 9.17) is 9.47 Å². The van der Waals surface area contributed by atoms with Gasteiger partial charge < -0.3 is 25.0 Å². The maximum atomic E-state index is 13.0. The number of anilines is 1. The summed E-state index contributed by atoms with van der Waals surface area (Å²) in [6.45, 7) is 3.05. The van der Waals surface area contributed by atoms with Gasteiger partial charge in [-0.1, -0.05) is 6.07 Å². The number of rotatable bonds is 5. The van der Waals surface area contributed by atoms with Crippen LogP contribution >= 0.6 is 0 Å². The number of ether oxygens (including phenoxy) is 2. The van der Waals surface area contributed by atoms with Gasteiger partial charge in [-0.25, -0.2) is 9.18 Å². The molecule has 1 saturated heterocycles. The molecule has 27 heavy (non-hydrogen) atoms. The maximum Gasteiger partial charge on any atom is 0.315 e. The molecule has 0 radical (unpaired) electrons. The molecule has 0 saturated carbocycles. The Balaban J connectivity index is 1.20. The molecule has 0 aliphatic carbocycles. The van der Waals surface area contributed by atoms with E-state index in [0.717, 1.165) is 36.5 Å². The topological polar surface area (TPSA) is 62.8 Å². The van der Waals surface area contributed by atoms with E-state index in [0.29, 0.717) is 24.8 Å². The van der Waals surface area contributed by atoms with Gasteiger partial charge >= 0.3 is 6.03 Å². The average Bonchev–Trinajstić information content (AvgIpc) is 3.34. The van der Waals surface area contributed by atoms with Gasteiger partial charge in [0.2, 0.25) is 6.79 Å². The Morgan fingerprint density at radius 1 is 1.11 bits per heavy atom. The van der Waals surface area contributed by atoms with Crippen molar-refractivity contribution in [3.05, 3.63) is 53.8 Å². The number of amides is 2. The normalized spacial score (nSPS) is 17.8. The van der Waals surface area contributed by atoms with E-state index in [1.165, 1.54) is 12.1 Å². The summed E-state index contributed by atoms with van der Waals surface area (Å²) in [6, 6.07) is 12.0. The van der Waals surface area contributed by atoms with Crippen molar-refractivity contribution in [1.82, 2.24) is 10.6 Å². The van der Waals surface area contributed by atoms with Gasteiger partial charge in [-0.2, -0.15) is 0 Å². The lowest BCUT2D eigenvalue weighted by atomic mass is 10.1. The highest BCUT2D eigenvalue weighted by Gasteiger charge is 2.23. The summed E-state index contributed by atoms with van der Waals surface area (Å²) >= 11 is 0. The lowest BCUT2D eigenvalue weighted by Gasteiger charge is -2.19. The number of carbonyl (C=O) groups is 1. The van der Waals surface area contributed by atoms with Crippen molar-refractivity contribution in [2.75, 3.05) is 31.3 Å². The van der Waals surface area contributed by atoms with E-state index < -0.39 is 0 Å². The molecule has 2 heterocycles. The van der Waals surface area contributed by atoms with Crippen LogP contribution in [0.4, 0.5) is 14.9 Å². The van der Waals surface area contributed by atoms with Crippen molar-refractivity contribution >= 4 is 11.7 Å². The lowest BCUT2D eigenvalue weighted by molar-refractivity contribution is 0.174. The van der Waals surface area contributed by atoms with Gasteiger partial charge in [0.05, 0.1) is 0 Å². The molecule has 2 aliphatic heterocycles. The van der Waals surface area contributed by atoms with Gasteiger partial charge in [-0.3, -0.25) is 0 Å². The highest BCUT2D eigenvalue weighted by atomic mass is 19.1.